The van der Waals surface area contributed by atoms with Gasteiger partial charge in [-0.05, 0) is 31.5 Å². The van der Waals surface area contributed by atoms with Gasteiger partial charge in [-0.3, -0.25) is 0 Å². The summed E-state index contributed by atoms with van der Waals surface area (Å²) < 4.78 is 44.1. The molecule has 0 spiro atoms. The van der Waals surface area contributed by atoms with Gasteiger partial charge in [-0.15, -0.1) is 0 Å². The Morgan fingerprint density at radius 1 is 1.19 bits per heavy atom. The molecule has 1 heterocycles. The van der Waals surface area contributed by atoms with Crippen molar-refractivity contribution in [2.75, 3.05) is 13.1 Å². The molecule has 1 atom stereocenters. The van der Waals surface area contributed by atoms with Crippen LogP contribution < -0.4 is 10.1 Å². The number of nitrogens with one attached hydrogen (secondary N) is 1. The predicted molar refractivity (Wildman–Crippen MR) is 52.8 cm³/mol. The highest BCUT2D eigenvalue weighted by Gasteiger charge is 2.19. The SMILES string of the molecule is Fc1ccc(OC2CCCNC2)c(F)c1F. The molecule has 16 heavy (non-hydrogen) atoms. The zero-order valence-electron chi connectivity index (χ0n) is 8.60. The third-order valence-electron chi connectivity index (χ3n) is 2.55. The Hall–Kier alpha value is -1.23. The van der Waals surface area contributed by atoms with Crippen molar-refractivity contribution in [3.05, 3.63) is 29.6 Å². The summed E-state index contributed by atoms with van der Waals surface area (Å²) in [6, 6.07) is 1.98. The van der Waals surface area contributed by atoms with Gasteiger partial charge < -0.3 is 10.1 Å². The molecule has 1 aliphatic rings. The van der Waals surface area contributed by atoms with Crippen molar-refractivity contribution < 1.29 is 17.9 Å². The minimum atomic E-state index is -1.48. The van der Waals surface area contributed by atoms with Gasteiger partial charge in [-0.25, -0.2) is 8.78 Å². The molecule has 0 aromatic heterocycles. The lowest BCUT2D eigenvalue weighted by atomic mass is 10.1. The first-order chi connectivity index (χ1) is 7.68. The van der Waals surface area contributed by atoms with Gasteiger partial charge in [0.2, 0.25) is 5.82 Å². The maximum absolute atomic E-state index is 13.3. The summed E-state index contributed by atoms with van der Waals surface area (Å²) in [7, 11) is 0. The minimum Gasteiger partial charge on any atom is -0.486 e. The van der Waals surface area contributed by atoms with Gasteiger partial charge in [0.1, 0.15) is 6.10 Å². The third kappa shape index (κ3) is 2.29. The number of benzene rings is 1. The highest BCUT2D eigenvalue weighted by atomic mass is 19.2. The summed E-state index contributed by atoms with van der Waals surface area (Å²) in [6.07, 6.45) is 1.52. The molecule has 1 unspecified atom stereocenters. The fourth-order valence-corrected chi connectivity index (χ4v) is 1.70. The molecule has 0 bridgehead atoms. The first-order valence-corrected chi connectivity index (χ1v) is 5.19. The van der Waals surface area contributed by atoms with Gasteiger partial charge in [-0.1, -0.05) is 0 Å². The van der Waals surface area contributed by atoms with E-state index in [4.69, 9.17) is 4.74 Å². The fraction of sp³-hybridized carbons (Fsp3) is 0.455. The normalized spacial score (nSPS) is 20.8. The Labute approximate surface area is 91.4 Å². The lowest BCUT2D eigenvalue weighted by Gasteiger charge is -2.24. The second-order valence-electron chi connectivity index (χ2n) is 3.76. The van der Waals surface area contributed by atoms with Gasteiger partial charge in [0.05, 0.1) is 0 Å². The number of rotatable bonds is 2. The molecule has 1 fully saturated rings. The second kappa shape index (κ2) is 4.74. The lowest BCUT2D eigenvalue weighted by molar-refractivity contribution is 0.158. The van der Waals surface area contributed by atoms with E-state index >= 15 is 0 Å². The van der Waals surface area contributed by atoms with Crippen LogP contribution in [0.4, 0.5) is 13.2 Å². The van der Waals surface area contributed by atoms with Crippen LogP contribution in [-0.4, -0.2) is 19.2 Å². The van der Waals surface area contributed by atoms with Crippen molar-refractivity contribution in [2.24, 2.45) is 0 Å². The molecule has 1 aliphatic heterocycles. The van der Waals surface area contributed by atoms with Gasteiger partial charge in [-0.2, -0.15) is 4.39 Å². The number of piperidine rings is 1. The van der Waals surface area contributed by atoms with Gasteiger partial charge in [0, 0.05) is 6.54 Å². The summed E-state index contributed by atoms with van der Waals surface area (Å²) in [5.41, 5.74) is 0. The highest BCUT2D eigenvalue weighted by Crippen LogP contribution is 2.23. The molecule has 0 amide bonds. The first kappa shape index (κ1) is 11.3. The first-order valence-electron chi connectivity index (χ1n) is 5.19. The van der Waals surface area contributed by atoms with Crippen LogP contribution in [0.25, 0.3) is 0 Å². The summed E-state index contributed by atoms with van der Waals surface area (Å²) >= 11 is 0. The van der Waals surface area contributed by atoms with Crippen molar-refractivity contribution in [1.82, 2.24) is 5.32 Å². The molecule has 1 N–H and O–H groups in total. The fourth-order valence-electron chi connectivity index (χ4n) is 1.70. The predicted octanol–water partition coefficient (Wildman–Crippen LogP) is 2.23. The zero-order valence-corrected chi connectivity index (χ0v) is 8.60. The maximum Gasteiger partial charge on any atom is 0.203 e. The Morgan fingerprint density at radius 3 is 2.69 bits per heavy atom. The van der Waals surface area contributed by atoms with Crippen molar-refractivity contribution >= 4 is 0 Å². The van der Waals surface area contributed by atoms with Crippen LogP contribution in [0.15, 0.2) is 12.1 Å². The molecule has 0 radical (unpaired) electrons. The largest absolute Gasteiger partial charge is 0.486 e. The maximum atomic E-state index is 13.3. The molecule has 0 saturated carbocycles. The third-order valence-corrected chi connectivity index (χ3v) is 2.55. The van der Waals surface area contributed by atoms with Crippen LogP contribution in [0.1, 0.15) is 12.8 Å². The topological polar surface area (TPSA) is 21.3 Å². The zero-order chi connectivity index (χ0) is 11.5. The molecule has 2 nitrogen and oxygen atoms in total. The van der Waals surface area contributed by atoms with Crippen molar-refractivity contribution in [2.45, 2.75) is 18.9 Å². The van der Waals surface area contributed by atoms with Crippen LogP contribution in [-0.2, 0) is 0 Å². The van der Waals surface area contributed by atoms with Crippen molar-refractivity contribution in [1.29, 1.82) is 0 Å². The summed E-state index contributed by atoms with van der Waals surface area (Å²) in [5, 5.41) is 3.09. The van der Waals surface area contributed by atoms with E-state index in [-0.39, 0.29) is 11.9 Å². The van der Waals surface area contributed by atoms with Crippen LogP contribution in [0, 0.1) is 17.5 Å². The van der Waals surface area contributed by atoms with E-state index in [0.29, 0.717) is 6.54 Å². The van der Waals surface area contributed by atoms with Crippen LogP contribution in [0.2, 0.25) is 0 Å². The average molecular weight is 231 g/mol. The molecule has 0 aliphatic carbocycles. The molecular formula is C11H12F3NO. The van der Waals surface area contributed by atoms with Gasteiger partial charge in [0.15, 0.2) is 17.4 Å². The van der Waals surface area contributed by atoms with Crippen LogP contribution >= 0.6 is 0 Å². The molecule has 1 aromatic carbocycles. The van der Waals surface area contributed by atoms with Gasteiger partial charge in [0.25, 0.3) is 0 Å². The highest BCUT2D eigenvalue weighted by molar-refractivity contribution is 5.26. The smallest absolute Gasteiger partial charge is 0.203 e. The molecule has 1 saturated heterocycles. The quantitative estimate of drug-likeness (QED) is 0.788. The van der Waals surface area contributed by atoms with Crippen LogP contribution in [0.5, 0.6) is 5.75 Å². The number of hydrogen-bond donors (Lipinski definition) is 1. The molecule has 88 valence electrons. The van der Waals surface area contributed by atoms with E-state index in [2.05, 4.69) is 5.32 Å². The summed E-state index contributed by atoms with van der Waals surface area (Å²) in [4.78, 5) is 0. The van der Waals surface area contributed by atoms with E-state index < -0.39 is 17.5 Å². The minimum absolute atomic E-state index is 0.187. The van der Waals surface area contributed by atoms with E-state index in [1.807, 2.05) is 0 Å². The van der Waals surface area contributed by atoms with Crippen molar-refractivity contribution in [3.63, 3.8) is 0 Å². The second-order valence-corrected chi connectivity index (χ2v) is 3.76. The van der Waals surface area contributed by atoms with Gasteiger partial charge >= 0.3 is 0 Å². The standard InChI is InChI=1S/C11H12F3NO/c12-8-3-4-9(11(14)10(8)13)16-7-2-1-5-15-6-7/h3-4,7,15H,1-2,5-6H2. The Balaban J connectivity index is 2.11. The Bertz CT molecular complexity index is 378. The summed E-state index contributed by atoms with van der Waals surface area (Å²) in [6.45, 7) is 1.50. The Morgan fingerprint density at radius 2 is 2.00 bits per heavy atom. The van der Waals surface area contributed by atoms with E-state index in [9.17, 15) is 13.2 Å². The monoisotopic (exact) mass is 231 g/mol. The average Bonchev–Trinajstić information content (AvgIpc) is 2.31. The molecule has 2 rings (SSSR count). The van der Waals surface area contributed by atoms with E-state index in [0.717, 1.165) is 31.5 Å². The summed E-state index contributed by atoms with van der Waals surface area (Å²) in [5.74, 6) is -4.17. The lowest BCUT2D eigenvalue weighted by Crippen LogP contribution is -2.37. The molecule has 5 heteroatoms. The van der Waals surface area contributed by atoms with Crippen molar-refractivity contribution in [3.8, 4) is 5.75 Å². The Kier molecular flexibility index (Phi) is 3.33. The van der Waals surface area contributed by atoms with E-state index in [1.54, 1.807) is 0 Å². The number of halogens is 3. The number of ether oxygens (including phenoxy) is 1. The van der Waals surface area contributed by atoms with Crippen LogP contribution in [0.3, 0.4) is 0 Å². The van der Waals surface area contributed by atoms with E-state index in [1.165, 1.54) is 0 Å². The number of hydrogen-bond acceptors (Lipinski definition) is 2. The molecular weight excluding hydrogens is 219 g/mol. The molecule has 1 aromatic rings.